The van der Waals surface area contributed by atoms with Gasteiger partial charge in [-0.25, -0.2) is 5.84 Å². The second-order valence-corrected chi connectivity index (χ2v) is 4.87. The Morgan fingerprint density at radius 2 is 1.93 bits per heavy atom. The Balaban J connectivity index is 3.02. The molecule has 0 unspecified atom stereocenters. The van der Waals surface area contributed by atoms with E-state index in [1.165, 1.54) is 0 Å². The summed E-state index contributed by atoms with van der Waals surface area (Å²) in [5.74, 6) is 4.91. The van der Waals surface area contributed by atoms with Gasteiger partial charge in [0.15, 0.2) is 0 Å². The fraction of sp³-hybridized carbons (Fsp3) is 0.417. The second kappa shape index (κ2) is 4.45. The van der Waals surface area contributed by atoms with Crippen LogP contribution in [0.2, 0.25) is 0 Å². The van der Waals surface area contributed by atoms with Crippen LogP contribution in [0.3, 0.4) is 0 Å². The zero-order chi connectivity index (χ0) is 11.5. The molecular formula is C12H18N2O. The molecule has 1 aromatic rings. The molecule has 0 fully saturated rings. The number of amides is 1. The fourth-order valence-electron chi connectivity index (χ4n) is 1.55. The largest absolute Gasteiger partial charge is 0.290 e. The highest BCUT2D eigenvalue weighted by Gasteiger charge is 2.16. The van der Waals surface area contributed by atoms with Gasteiger partial charge in [-0.2, -0.15) is 0 Å². The molecule has 0 spiro atoms. The molecule has 0 aliphatic carbocycles. The molecule has 0 aliphatic heterocycles. The minimum absolute atomic E-state index is 0.158. The molecule has 3 N–H and O–H groups in total. The van der Waals surface area contributed by atoms with Gasteiger partial charge in [0.25, 0.3) is 5.91 Å². The van der Waals surface area contributed by atoms with Crippen LogP contribution < -0.4 is 11.3 Å². The molecule has 3 nitrogen and oxygen atoms in total. The summed E-state index contributed by atoms with van der Waals surface area (Å²) in [5, 5.41) is 0. The van der Waals surface area contributed by atoms with Gasteiger partial charge in [-0.05, 0) is 23.5 Å². The first-order chi connectivity index (χ1) is 6.94. The molecule has 0 atom stereocenters. The van der Waals surface area contributed by atoms with E-state index < -0.39 is 0 Å². The van der Waals surface area contributed by atoms with Crippen LogP contribution in [-0.4, -0.2) is 5.91 Å². The molecule has 0 aromatic heterocycles. The van der Waals surface area contributed by atoms with E-state index in [-0.39, 0.29) is 11.3 Å². The number of nitrogen functional groups attached to an aromatic ring is 1. The van der Waals surface area contributed by atoms with Gasteiger partial charge in [-0.3, -0.25) is 10.2 Å². The van der Waals surface area contributed by atoms with Crippen molar-refractivity contribution in [2.75, 3.05) is 0 Å². The maximum atomic E-state index is 11.5. The predicted molar refractivity (Wildman–Crippen MR) is 61.3 cm³/mol. The fourth-order valence-corrected chi connectivity index (χ4v) is 1.55. The number of hydrogen-bond acceptors (Lipinski definition) is 2. The normalized spacial score (nSPS) is 11.2. The van der Waals surface area contributed by atoms with Crippen molar-refractivity contribution in [3.05, 3.63) is 35.4 Å². The number of hydrogen-bond donors (Lipinski definition) is 2. The van der Waals surface area contributed by atoms with Crippen molar-refractivity contribution in [3.8, 4) is 0 Å². The number of rotatable bonds is 2. The maximum absolute atomic E-state index is 11.5. The summed E-state index contributed by atoms with van der Waals surface area (Å²) in [6.07, 6.45) is 0.858. The lowest BCUT2D eigenvalue weighted by Crippen LogP contribution is -2.31. The van der Waals surface area contributed by atoms with Crippen LogP contribution in [-0.2, 0) is 6.42 Å². The monoisotopic (exact) mass is 206 g/mol. The predicted octanol–water partition coefficient (Wildman–Crippen LogP) is 1.88. The van der Waals surface area contributed by atoms with Crippen molar-refractivity contribution in [2.24, 2.45) is 11.3 Å². The van der Waals surface area contributed by atoms with E-state index in [0.717, 1.165) is 12.0 Å². The van der Waals surface area contributed by atoms with E-state index >= 15 is 0 Å². The standard InChI is InChI=1S/C12H18N2O/c1-12(2,3)8-9-6-4-5-7-10(9)11(15)14-13/h4-7H,8,13H2,1-3H3,(H,14,15). The number of nitrogens with two attached hydrogens (primary N) is 1. The SMILES string of the molecule is CC(C)(C)Cc1ccccc1C(=O)NN. The summed E-state index contributed by atoms with van der Waals surface area (Å²) in [4.78, 5) is 11.5. The van der Waals surface area contributed by atoms with Crippen molar-refractivity contribution in [1.29, 1.82) is 0 Å². The minimum Gasteiger partial charge on any atom is -0.290 e. The van der Waals surface area contributed by atoms with Gasteiger partial charge in [0.05, 0.1) is 0 Å². The Morgan fingerprint density at radius 3 is 2.47 bits per heavy atom. The molecule has 0 saturated heterocycles. The number of carbonyl (C=O) groups excluding carboxylic acids is 1. The third-order valence-corrected chi connectivity index (χ3v) is 2.11. The van der Waals surface area contributed by atoms with Crippen molar-refractivity contribution < 1.29 is 4.79 Å². The summed E-state index contributed by atoms with van der Waals surface area (Å²) < 4.78 is 0. The van der Waals surface area contributed by atoms with Gasteiger partial charge in [0.2, 0.25) is 0 Å². The van der Waals surface area contributed by atoms with E-state index in [1.54, 1.807) is 6.07 Å². The highest BCUT2D eigenvalue weighted by Crippen LogP contribution is 2.22. The molecule has 0 bridgehead atoms. The van der Waals surface area contributed by atoms with E-state index in [4.69, 9.17) is 5.84 Å². The van der Waals surface area contributed by atoms with Crippen molar-refractivity contribution in [3.63, 3.8) is 0 Å². The number of benzene rings is 1. The molecule has 3 heteroatoms. The summed E-state index contributed by atoms with van der Waals surface area (Å²) in [5.41, 5.74) is 4.02. The topological polar surface area (TPSA) is 55.1 Å². The highest BCUT2D eigenvalue weighted by atomic mass is 16.2. The van der Waals surface area contributed by atoms with Crippen LogP contribution in [0.1, 0.15) is 36.7 Å². The Morgan fingerprint density at radius 1 is 1.33 bits per heavy atom. The Labute approximate surface area is 90.6 Å². The van der Waals surface area contributed by atoms with Crippen LogP contribution in [0.15, 0.2) is 24.3 Å². The van der Waals surface area contributed by atoms with Crippen LogP contribution in [0.5, 0.6) is 0 Å². The van der Waals surface area contributed by atoms with Gasteiger partial charge in [-0.1, -0.05) is 39.0 Å². The van der Waals surface area contributed by atoms with Gasteiger partial charge < -0.3 is 0 Å². The Bertz CT molecular complexity index is 353. The lowest BCUT2D eigenvalue weighted by atomic mass is 9.86. The highest BCUT2D eigenvalue weighted by molar-refractivity contribution is 5.95. The van der Waals surface area contributed by atoms with E-state index in [9.17, 15) is 4.79 Å². The third kappa shape index (κ3) is 3.36. The first-order valence-electron chi connectivity index (χ1n) is 5.03. The van der Waals surface area contributed by atoms with E-state index in [2.05, 4.69) is 26.2 Å². The Kier molecular flexibility index (Phi) is 3.48. The number of nitrogens with one attached hydrogen (secondary N) is 1. The lowest BCUT2D eigenvalue weighted by molar-refractivity contribution is 0.0952. The lowest BCUT2D eigenvalue weighted by Gasteiger charge is -2.19. The molecular weight excluding hydrogens is 188 g/mol. The van der Waals surface area contributed by atoms with Gasteiger partial charge >= 0.3 is 0 Å². The van der Waals surface area contributed by atoms with E-state index in [1.807, 2.05) is 18.2 Å². The molecule has 0 saturated carbocycles. The smallest absolute Gasteiger partial charge is 0.265 e. The molecule has 0 aliphatic rings. The van der Waals surface area contributed by atoms with Crippen molar-refractivity contribution >= 4 is 5.91 Å². The molecule has 1 amide bonds. The molecule has 82 valence electrons. The Hall–Kier alpha value is -1.35. The summed E-state index contributed by atoms with van der Waals surface area (Å²) in [7, 11) is 0. The zero-order valence-corrected chi connectivity index (χ0v) is 9.50. The van der Waals surface area contributed by atoms with E-state index in [0.29, 0.717) is 5.56 Å². The van der Waals surface area contributed by atoms with Crippen LogP contribution in [0.4, 0.5) is 0 Å². The van der Waals surface area contributed by atoms with Gasteiger partial charge in [0.1, 0.15) is 0 Å². The second-order valence-electron chi connectivity index (χ2n) is 4.87. The van der Waals surface area contributed by atoms with Gasteiger partial charge in [-0.15, -0.1) is 0 Å². The first kappa shape index (κ1) is 11.7. The van der Waals surface area contributed by atoms with Crippen molar-refractivity contribution in [1.82, 2.24) is 5.43 Å². The first-order valence-corrected chi connectivity index (χ1v) is 5.03. The molecule has 15 heavy (non-hydrogen) atoms. The quantitative estimate of drug-likeness (QED) is 0.441. The summed E-state index contributed by atoms with van der Waals surface area (Å²) >= 11 is 0. The minimum atomic E-state index is -0.227. The molecule has 1 aromatic carbocycles. The third-order valence-electron chi connectivity index (χ3n) is 2.11. The van der Waals surface area contributed by atoms with Crippen LogP contribution >= 0.6 is 0 Å². The van der Waals surface area contributed by atoms with Crippen LogP contribution in [0.25, 0.3) is 0 Å². The maximum Gasteiger partial charge on any atom is 0.265 e. The average molecular weight is 206 g/mol. The molecule has 1 rings (SSSR count). The van der Waals surface area contributed by atoms with Gasteiger partial charge in [0, 0.05) is 5.56 Å². The summed E-state index contributed by atoms with van der Waals surface area (Å²) in [6.45, 7) is 6.43. The summed E-state index contributed by atoms with van der Waals surface area (Å²) in [6, 6.07) is 7.55. The average Bonchev–Trinajstić information content (AvgIpc) is 2.15. The molecule has 0 heterocycles. The number of hydrazine groups is 1. The van der Waals surface area contributed by atoms with Crippen LogP contribution in [0, 0.1) is 5.41 Å². The molecule has 0 radical (unpaired) electrons. The van der Waals surface area contributed by atoms with Crippen molar-refractivity contribution in [2.45, 2.75) is 27.2 Å². The number of carbonyl (C=O) groups is 1. The zero-order valence-electron chi connectivity index (χ0n) is 9.50.